The third-order valence-electron chi connectivity index (χ3n) is 5.89. The van der Waals surface area contributed by atoms with Gasteiger partial charge in [0.15, 0.2) is 0 Å². The van der Waals surface area contributed by atoms with Crippen LogP contribution in [0, 0.1) is 0 Å². The maximum Gasteiger partial charge on any atom is 0.122 e. The van der Waals surface area contributed by atoms with Crippen molar-refractivity contribution in [2.45, 2.75) is 44.1 Å². The molecule has 126 valence electrons. The molecule has 1 aliphatic carbocycles. The fourth-order valence-corrected chi connectivity index (χ4v) is 4.75. The lowest BCUT2D eigenvalue weighted by atomic mass is 9.79. The first-order chi connectivity index (χ1) is 11.9. The smallest absolute Gasteiger partial charge is 0.122 e. The van der Waals surface area contributed by atoms with E-state index < -0.39 is 0 Å². The third kappa shape index (κ3) is 2.95. The standard InChI is InChI=1S/C22H27NO/c1-24-22-11-5-10-18-19-14-16-23(21(19)13-12-20(18)22)15-6-9-17-7-3-2-4-8-17/h2-5,7-8,10-11,19,21H,6,9,12-16H2,1H3/t19-,21+/m0/s1. The molecule has 0 aromatic heterocycles. The number of aryl methyl sites for hydroxylation is 1. The number of benzene rings is 2. The summed E-state index contributed by atoms with van der Waals surface area (Å²) < 4.78 is 5.59. The largest absolute Gasteiger partial charge is 0.496 e. The van der Waals surface area contributed by atoms with E-state index in [-0.39, 0.29) is 0 Å². The first-order valence-corrected chi connectivity index (χ1v) is 9.30. The lowest BCUT2D eigenvalue weighted by molar-refractivity contribution is 0.223. The number of methoxy groups -OCH3 is 1. The Hall–Kier alpha value is -1.80. The summed E-state index contributed by atoms with van der Waals surface area (Å²) in [5.74, 6) is 1.80. The molecule has 0 amide bonds. The Kier molecular flexibility index (Phi) is 4.57. The van der Waals surface area contributed by atoms with E-state index in [1.807, 2.05) is 0 Å². The number of likely N-dealkylation sites (tertiary alicyclic amines) is 1. The van der Waals surface area contributed by atoms with Gasteiger partial charge >= 0.3 is 0 Å². The van der Waals surface area contributed by atoms with Crippen molar-refractivity contribution in [1.29, 1.82) is 0 Å². The molecule has 2 aliphatic rings. The molecule has 0 bridgehead atoms. The van der Waals surface area contributed by atoms with Gasteiger partial charge in [0.25, 0.3) is 0 Å². The molecular weight excluding hydrogens is 294 g/mol. The zero-order valence-corrected chi connectivity index (χ0v) is 14.6. The van der Waals surface area contributed by atoms with E-state index in [0.717, 1.165) is 18.2 Å². The highest BCUT2D eigenvalue weighted by Gasteiger charge is 2.38. The van der Waals surface area contributed by atoms with Gasteiger partial charge in [-0.05, 0) is 68.0 Å². The summed E-state index contributed by atoms with van der Waals surface area (Å²) in [6.07, 6.45) is 6.20. The second-order valence-corrected chi connectivity index (χ2v) is 7.15. The van der Waals surface area contributed by atoms with Crippen molar-refractivity contribution in [3.8, 4) is 5.75 Å². The molecule has 2 atom stereocenters. The Labute approximate surface area is 145 Å². The van der Waals surface area contributed by atoms with Gasteiger partial charge < -0.3 is 4.74 Å². The number of nitrogens with zero attached hydrogens (tertiary/aromatic N) is 1. The van der Waals surface area contributed by atoms with Gasteiger partial charge in [-0.1, -0.05) is 42.5 Å². The van der Waals surface area contributed by atoms with Crippen molar-refractivity contribution >= 4 is 0 Å². The second kappa shape index (κ2) is 6.98. The van der Waals surface area contributed by atoms with Crippen LogP contribution in [0.15, 0.2) is 48.5 Å². The molecule has 2 nitrogen and oxygen atoms in total. The average molecular weight is 321 g/mol. The SMILES string of the molecule is COc1cccc2c1CC[C@@H]1[C@H]2CCN1CCCc1ccccc1. The normalized spacial score (nSPS) is 22.9. The molecule has 0 unspecified atom stereocenters. The molecule has 1 aliphatic heterocycles. The predicted molar refractivity (Wildman–Crippen MR) is 98.8 cm³/mol. The van der Waals surface area contributed by atoms with Crippen LogP contribution in [0.5, 0.6) is 5.75 Å². The summed E-state index contributed by atoms with van der Waals surface area (Å²) in [5, 5.41) is 0. The molecule has 1 fully saturated rings. The molecular formula is C22H27NO. The van der Waals surface area contributed by atoms with E-state index in [1.54, 1.807) is 12.7 Å². The van der Waals surface area contributed by atoms with Gasteiger partial charge in [-0.3, -0.25) is 4.90 Å². The molecule has 0 spiro atoms. The quantitative estimate of drug-likeness (QED) is 0.807. The predicted octanol–water partition coefficient (Wildman–Crippen LogP) is 4.43. The molecule has 24 heavy (non-hydrogen) atoms. The summed E-state index contributed by atoms with van der Waals surface area (Å²) >= 11 is 0. The second-order valence-electron chi connectivity index (χ2n) is 7.15. The minimum atomic E-state index is 0.709. The molecule has 0 N–H and O–H groups in total. The van der Waals surface area contributed by atoms with Gasteiger partial charge in [-0.15, -0.1) is 0 Å². The molecule has 1 heterocycles. The molecule has 2 aromatic rings. The first kappa shape index (κ1) is 15.7. The summed E-state index contributed by atoms with van der Waals surface area (Å²) in [6.45, 7) is 2.48. The fraction of sp³-hybridized carbons (Fsp3) is 0.455. The number of fused-ring (bicyclic) bond motifs is 3. The summed E-state index contributed by atoms with van der Waals surface area (Å²) in [7, 11) is 1.80. The molecule has 2 heteroatoms. The monoisotopic (exact) mass is 321 g/mol. The molecule has 4 rings (SSSR count). The van der Waals surface area contributed by atoms with Crippen LogP contribution in [0.1, 0.15) is 41.9 Å². The van der Waals surface area contributed by atoms with Crippen LogP contribution in [0.2, 0.25) is 0 Å². The van der Waals surface area contributed by atoms with Gasteiger partial charge in [-0.2, -0.15) is 0 Å². The van der Waals surface area contributed by atoms with E-state index >= 15 is 0 Å². The lowest BCUT2D eigenvalue weighted by Crippen LogP contribution is -2.36. The maximum absolute atomic E-state index is 5.59. The van der Waals surface area contributed by atoms with Crippen LogP contribution in [0.4, 0.5) is 0 Å². The summed E-state index contributed by atoms with van der Waals surface area (Å²) in [6, 6.07) is 18.2. The van der Waals surface area contributed by atoms with Crippen LogP contribution in [-0.2, 0) is 12.8 Å². The highest BCUT2D eigenvalue weighted by Crippen LogP contribution is 2.44. The van der Waals surface area contributed by atoms with Crippen LogP contribution in [0.3, 0.4) is 0 Å². The third-order valence-corrected chi connectivity index (χ3v) is 5.89. The maximum atomic E-state index is 5.59. The molecule has 1 saturated heterocycles. The number of ether oxygens (including phenoxy) is 1. The van der Waals surface area contributed by atoms with E-state index in [4.69, 9.17) is 4.74 Å². The fourth-order valence-electron chi connectivity index (χ4n) is 4.75. The van der Waals surface area contributed by atoms with Crippen LogP contribution in [-0.4, -0.2) is 31.1 Å². The van der Waals surface area contributed by atoms with Gasteiger partial charge in [0, 0.05) is 12.0 Å². The number of rotatable bonds is 5. The first-order valence-electron chi connectivity index (χ1n) is 9.30. The Morgan fingerprint density at radius 1 is 1.04 bits per heavy atom. The van der Waals surface area contributed by atoms with Crippen molar-refractivity contribution in [1.82, 2.24) is 4.90 Å². The highest BCUT2D eigenvalue weighted by molar-refractivity contribution is 5.45. The van der Waals surface area contributed by atoms with Crippen molar-refractivity contribution < 1.29 is 4.74 Å². The molecule has 0 saturated carbocycles. The Morgan fingerprint density at radius 2 is 1.92 bits per heavy atom. The lowest BCUT2D eigenvalue weighted by Gasteiger charge is -2.34. The average Bonchev–Trinajstić information content (AvgIpc) is 3.05. The Bertz CT molecular complexity index is 682. The van der Waals surface area contributed by atoms with Gasteiger partial charge in [-0.25, -0.2) is 0 Å². The van der Waals surface area contributed by atoms with Gasteiger partial charge in [0.2, 0.25) is 0 Å². The minimum Gasteiger partial charge on any atom is -0.496 e. The summed E-state index contributed by atoms with van der Waals surface area (Å²) in [5.41, 5.74) is 4.48. The summed E-state index contributed by atoms with van der Waals surface area (Å²) in [4.78, 5) is 2.75. The van der Waals surface area contributed by atoms with Gasteiger partial charge in [0.1, 0.15) is 5.75 Å². The van der Waals surface area contributed by atoms with Crippen LogP contribution in [0.25, 0.3) is 0 Å². The van der Waals surface area contributed by atoms with Crippen molar-refractivity contribution in [2.24, 2.45) is 0 Å². The van der Waals surface area contributed by atoms with E-state index in [2.05, 4.69) is 53.4 Å². The highest BCUT2D eigenvalue weighted by atomic mass is 16.5. The van der Waals surface area contributed by atoms with E-state index in [9.17, 15) is 0 Å². The topological polar surface area (TPSA) is 12.5 Å². The van der Waals surface area contributed by atoms with Crippen molar-refractivity contribution in [3.05, 3.63) is 65.2 Å². The zero-order valence-electron chi connectivity index (χ0n) is 14.6. The van der Waals surface area contributed by atoms with Crippen molar-refractivity contribution in [3.63, 3.8) is 0 Å². The molecule has 2 aromatic carbocycles. The molecule has 0 radical (unpaired) electrons. The number of hydrogen-bond donors (Lipinski definition) is 0. The minimum absolute atomic E-state index is 0.709. The zero-order chi connectivity index (χ0) is 16.4. The number of hydrogen-bond acceptors (Lipinski definition) is 2. The Balaban J connectivity index is 1.41. The Morgan fingerprint density at radius 3 is 2.75 bits per heavy atom. The van der Waals surface area contributed by atoms with E-state index in [1.165, 1.54) is 49.9 Å². The van der Waals surface area contributed by atoms with E-state index in [0.29, 0.717) is 5.92 Å². The van der Waals surface area contributed by atoms with Gasteiger partial charge in [0.05, 0.1) is 7.11 Å². The van der Waals surface area contributed by atoms with Crippen LogP contribution >= 0.6 is 0 Å². The van der Waals surface area contributed by atoms with Crippen LogP contribution < -0.4 is 4.74 Å². The van der Waals surface area contributed by atoms with Crippen molar-refractivity contribution in [2.75, 3.05) is 20.2 Å².